The Morgan fingerprint density at radius 2 is 1.75 bits per heavy atom. The van der Waals surface area contributed by atoms with Gasteiger partial charge in [0.15, 0.2) is 0 Å². The van der Waals surface area contributed by atoms with Crippen molar-refractivity contribution in [1.29, 1.82) is 0 Å². The third-order valence-electron chi connectivity index (χ3n) is 2.19. The van der Waals surface area contributed by atoms with Crippen LogP contribution in [0.25, 0.3) is 0 Å². The molecule has 2 nitrogen and oxygen atoms in total. The summed E-state index contributed by atoms with van der Waals surface area (Å²) in [6.07, 6.45) is 3.90. The van der Waals surface area contributed by atoms with Gasteiger partial charge >= 0.3 is 0 Å². The molecule has 1 aromatic carbocycles. The van der Waals surface area contributed by atoms with Gasteiger partial charge in [0.2, 0.25) is 0 Å². The van der Waals surface area contributed by atoms with Gasteiger partial charge in [-0.2, -0.15) is 0 Å². The highest BCUT2D eigenvalue weighted by Gasteiger charge is 2.11. The lowest BCUT2D eigenvalue weighted by molar-refractivity contribution is 0.626. The number of rotatable bonds is 3. The van der Waals surface area contributed by atoms with E-state index in [-0.39, 0.29) is 11.2 Å². The van der Waals surface area contributed by atoms with Crippen LogP contribution in [0.4, 0.5) is 4.39 Å². The molecule has 0 bridgehead atoms. The van der Waals surface area contributed by atoms with Crippen molar-refractivity contribution in [2.75, 3.05) is 0 Å². The van der Waals surface area contributed by atoms with Crippen molar-refractivity contribution in [3.05, 3.63) is 59.9 Å². The van der Waals surface area contributed by atoms with E-state index in [1.165, 1.54) is 12.1 Å². The second-order valence-electron chi connectivity index (χ2n) is 3.41. The Bertz CT molecular complexity index is 444. The fraction of sp³-hybridized carbons (Fsp3) is 0.167. The molecule has 82 valence electrons. The molecule has 0 saturated carbocycles. The molecule has 4 heteroatoms. The molecule has 2 rings (SSSR count). The van der Waals surface area contributed by atoms with Gasteiger partial charge in [0, 0.05) is 12.4 Å². The first-order valence-electron chi connectivity index (χ1n) is 4.91. The van der Waals surface area contributed by atoms with Crippen LogP contribution in [0.5, 0.6) is 0 Å². The van der Waals surface area contributed by atoms with Crippen molar-refractivity contribution >= 4 is 11.6 Å². The molecule has 2 aromatic rings. The van der Waals surface area contributed by atoms with Gasteiger partial charge in [0.1, 0.15) is 11.6 Å². The number of alkyl halides is 1. The van der Waals surface area contributed by atoms with Crippen molar-refractivity contribution in [3.63, 3.8) is 0 Å². The normalized spacial score (nSPS) is 12.4. The standard InChI is InChI=1S/C12H10ClFN2/c13-11(12-15-6-1-7-16-12)8-9-2-4-10(14)5-3-9/h1-7,11H,8H2. The highest BCUT2D eigenvalue weighted by Crippen LogP contribution is 2.21. The Kier molecular flexibility index (Phi) is 3.47. The number of hydrogen-bond acceptors (Lipinski definition) is 2. The molecule has 0 aliphatic carbocycles. The summed E-state index contributed by atoms with van der Waals surface area (Å²) in [5.74, 6) is 0.347. The first-order valence-corrected chi connectivity index (χ1v) is 5.35. The van der Waals surface area contributed by atoms with Crippen LogP contribution >= 0.6 is 11.6 Å². The predicted octanol–water partition coefficient (Wildman–Crippen LogP) is 3.14. The van der Waals surface area contributed by atoms with Crippen molar-refractivity contribution in [2.45, 2.75) is 11.8 Å². The first-order chi connectivity index (χ1) is 7.75. The molecule has 1 unspecified atom stereocenters. The molecule has 0 fully saturated rings. The Labute approximate surface area is 98.1 Å². The van der Waals surface area contributed by atoms with E-state index in [0.717, 1.165) is 5.56 Å². The summed E-state index contributed by atoms with van der Waals surface area (Å²) in [4.78, 5) is 8.15. The molecule has 0 N–H and O–H groups in total. The number of hydrogen-bond donors (Lipinski definition) is 0. The molecular weight excluding hydrogens is 227 g/mol. The second kappa shape index (κ2) is 5.03. The molecule has 0 spiro atoms. The van der Waals surface area contributed by atoms with Crippen LogP contribution < -0.4 is 0 Å². The minimum Gasteiger partial charge on any atom is -0.240 e. The van der Waals surface area contributed by atoms with Crippen LogP contribution in [-0.2, 0) is 6.42 Å². The van der Waals surface area contributed by atoms with Crippen LogP contribution in [0, 0.1) is 5.82 Å². The van der Waals surface area contributed by atoms with Gasteiger partial charge in [-0.1, -0.05) is 12.1 Å². The minimum absolute atomic E-state index is 0.245. The van der Waals surface area contributed by atoms with E-state index in [2.05, 4.69) is 9.97 Å². The fourth-order valence-electron chi connectivity index (χ4n) is 1.39. The quantitative estimate of drug-likeness (QED) is 0.766. The van der Waals surface area contributed by atoms with E-state index in [1.54, 1.807) is 30.6 Å². The second-order valence-corrected chi connectivity index (χ2v) is 3.93. The van der Waals surface area contributed by atoms with E-state index < -0.39 is 0 Å². The van der Waals surface area contributed by atoms with Crippen LogP contribution in [0.15, 0.2) is 42.7 Å². The van der Waals surface area contributed by atoms with Crippen molar-refractivity contribution in [1.82, 2.24) is 9.97 Å². The lowest BCUT2D eigenvalue weighted by atomic mass is 10.1. The lowest BCUT2D eigenvalue weighted by Crippen LogP contribution is -2.01. The fourth-order valence-corrected chi connectivity index (χ4v) is 1.68. The maximum Gasteiger partial charge on any atom is 0.146 e. The Morgan fingerprint density at radius 1 is 1.12 bits per heavy atom. The predicted molar refractivity (Wildman–Crippen MR) is 60.7 cm³/mol. The van der Waals surface area contributed by atoms with Crippen LogP contribution in [0.2, 0.25) is 0 Å². The third kappa shape index (κ3) is 2.76. The number of aromatic nitrogens is 2. The molecule has 1 heterocycles. The Hall–Kier alpha value is -1.48. The van der Waals surface area contributed by atoms with Crippen molar-refractivity contribution in [3.8, 4) is 0 Å². The van der Waals surface area contributed by atoms with E-state index in [9.17, 15) is 4.39 Å². The van der Waals surface area contributed by atoms with Crippen LogP contribution in [0.1, 0.15) is 16.8 Å². The summed E-state index contributed by atoms with van der Waals surface area (Å²) < 4.78 is 12.7. The maximum atomic E-state index is 12.7. The zero-order valence-corrected chi connectivity index (χ0v) is 9.23. The van der Waals surface area contributed by atoms with Crippen molar-refractivity contribution in [2.24, 2.45) is 0 Å². The van der Waals surface area contributed by atoms with Gasteiger partial charge in [-0.25, -0.2) is 14.4 Å². The van der Waals surface area contributed by atoms with E-state index >= 15 is 0 Å². The number of benzene rings is 1. The average Bonchev–Trinajstić information content (AvgIpc) is 2.33. The summed E-state index contributed by atoms with van der Waals surface area (Å²) in [5.41, 5.74) is 0.967. The van der Waals surface area contributed by atoms with Crippen LogP contribution in [0.3, 0.4) is 0 Å². The van der Waals surface area contributed by atoms with Crippen molar-refractivity contribution < 1.29 is 4.39 Å². The van der Waals surface area contributed by atoms with Gasteiger partial charge in [-0.3, -0.25) is 0 Å². The van der Waals surface area contributed by atoms with Gasteiger partial charge < -0.3 is 0 Å². The third-order valence-corrected chi connectivity index (χ3v) is 2.54. The van der Waals surface area contributed by atoms with Gasteiger partial charge in [0.05, 0.1) is 5.38 Å². The molecule has 0 amide bonds. The van der Waals surface area contributed by atoms with E-state index in [0.29, 0.717) is 12.2 Å². The first kappa shape index (κ1) is 11.0. The summed E-state index contributed by atoms with van der Waals surface area (Å²) in [6.45, 7) is 0. The summed E-state index contributed by atoms with van der Waals surface area (Å²) in [7, 11) is 0. The molecule has 1 aromatic heterocycles. The Balaban J connectivity index is 2.08. The summed E-state index contributed by atoms with van der Waals surface area (Å²) in [5, 5.41) is -0.285. The van der Waals surface area contributed by atoms with Gasteiger partial charge in [-0.15, -0.1) is 11.6 Å². The van der Waals surface area contributed by atoms with Gasteiger partial charge in [-0.05, 0) is 30.2 Å². The molecular formula is C12H10ClFN2. The highest BCUT2D eigenvalue weighted by molar-refractivity contribution is 6.20. The SMILES string of the molecule is Fc1ccc(CC(Cl)c2ncccn2)cc1. The maximum absolute atomic E-state index is 12.7. The summed E-state index contributed by atoms with van der Waals surface area (Å²) in [6, 6.07) is 8.02. The topological polar surface area (TPSA) is 25.8 Å². The lowest BCUT2D eigenvalue weighted by Gasteiger charge is -2.07. The highest BCUT2D eigenvalue weighted by atomic mass is 35.5. The zero-order chi connectivity index (χ0) is 11.4. The molecule has 0 radical (unpaired) electrons. The molecule has 1 atom stereocenters. The molecule has 0 saturated heterocycles. The van der Waals surface area contributed by atoms with E-state index in [1.807, 2.05) is 0 Å². The smallest absolute Gasteiger partial charge is 0.146 e. The van der Waals surface area contributed by atoms with E-state index in [4.69, 9.17) is 11.6 Å². The number of nitrogens with zero attached hydrogens (tertiary/aromatic N) is 2. The molecule has 0 aliphatic heterocycles. The minimum atomic E-state index is -0.285. The Morgan fingerprint density at radius 3 is 2.38 bits per heavy atom. The van der Waals surface area contributed by atoms with Gasteiger partial charge in [0.25, 0.3) is 0 Å². The largest absolute Gasteiger partial charge is 0.240 e. The monoisotopic (exact) mass is 236 g/mol. The molecule has 0 aliphatic rings. The summed E-state index contributed by atoms with van der Waals surface area (Å²) >= 11 is 6.16. The zero-order valence-electron chi connectivity index (χ0n) is 8.48. The average molecular weight is 237 g/mol. The number of halogens is 2. The van der Waals surface area contributed by atoms with Crippen LogP contribution in [-0.4, -0.2) is 9.97 Å². The molecule has 16 heavy (non-hydrogen) atoms.